The molecule has 1 N–H and O–H groups in total. The average molecular weight is 342 g/mol. The summed E-state index contributed by atoms with van der Waals surface area (Å²) in [5.41, 5.74) is 2.38. The van der Waals surface area contributed by atoms with Gasteiger partial charge in [0.05, 0.1) is 5.56 Å². The number of rotatable bonds is 4. The van der Waals surface area contributed by atoms with Gasteiger partial charge in [-0.3, -0.25) is 9.59 Å². The standard InChI is InChI=1S/C19H19FN2O3/c1-25-12-18(23)22-10-4-5-13-11-14(8-9-17(13)22)21-19(24)15-6-2-3-7-16(15)20/h2-3,6-9,11H,4-5,10,12H2,1H3,(H,21,24). The molecule has 1 aliphatic rings. The van der Waals surface area contributed by atoms with Gasteiger partial charge in [-0.25, -0.2) is 4.39 Å². The summed E-state index contributed by atoms with van der Waals surface area (Å²) in [6.07, 6.45) is 1.66. The number of methoxy groups -OCH3 is 1. The molecule has 0 saturated heterocycles. The number of carbonyl (C=O) groups excluding carboxylic acids is 2. The van der Waals surface area contributed by atoms with Crippen molar-refractivity contribution >= 4 is 23.2 Å². The largest absolute Gasteiger partial charge is 0.375 e. The molecule has 0 aliphatic carbocycles. The predicted molar refractivity (Wildman–Crippen MR) is 93.3 cm³/mol. The van der Waals surface area contributed by atoms with Crippen LogP contribution in [0.5, 0.6) is 0 Å². The number of anilines is 2. The Morgan fingerprint density at radius 1 is 1.24 bits per heavy atom. The van der Waals surface area contributed by atoms with Crippen LogP contribution in [0.2, 0.25) is 0 Å². The molecule has 2 aromatic rings. The average Bonchev–Trinajstić information content (AvgIpc) is 2.61. The third-order valence-electron chi connectivity index (χ3n) is 4.14. The molecule has 2 amide bonds. The quantitative estimate of drug-likeness (QED) is 0.929. The van der Waals surface area contributed by atoms with Crippen molar-refractivity contribution in [3.05, 3.63) is 59.4 Å². The van der Waals surface area contributed by atoms with Crippen molar-refractivity contribution in [2.45, 2.75) is 12.8 Å². The second-order valence-electron chi connectivity index (χ2n) is 5.86. The van der Waals surface area contributed by atoms with Crippen LogP contribution in [0.15, 0.2) is 42.5 Å². The lowest BCUT2D eigenvalue weighted by molar-refractivity contribution is -0.122. The van der Waals surface area contributed by atoms with Crippen molar-refractivity contribution in [2.75, 3.05) is 30.5 Å². The van der Waals surface area contributed by atoms with Crippen LogP contribution in [0.1, 0.15) is 22.3 Å². The van der Waals surface area contributed by atoms with Crippen LogP contribution in [-0.4, -0.2) is 32.1 Å². The number of fused-ring (bicyclic) bond motifs is 1. The number of aryl methyl sites for hydroxylation is 1. The normalized spacial score (nSPS) is 13.3. The number of ether oxygens (including phenoxy) is 1. The molecule has 0 unspecified atom stereocenters. The molecular formula is C19H19FN2O3. The molecule has 0 bridgehead atoms. The maximum atomic E-state index is 13.7. The molecule has 1 heterocycles. The smallest absolute Gasteiger partial charge is 0.258 e. The van der Waals surface area contributed by atoms with Gasteiger partial charge in [0.1, 0.15) is 12.4 Å². The number of benzene rings is 2. The maximum Gasteiger partial charge on any atom is 0.258 e. The highest BCUT2D eigenvalue weighted by atomic mass is 19.1. The summed E-state index contributed by atoms with van der Waals surface area (Å²) < 4.78 is 18.6. The topological polar surface area (TPSA) is 58.6 Å². The van der Waals surface area contributed by atoms with Crippen molar-refractivity contribution in [3.63, 3.8) is 0 Å². The highest BCUT2D eigenvalue weighted by Gasteiger charge is 2.23. The van der Waals surface area contributed by atoms with Crippen molar-refractivity contribution in [2.24, 2.45) is 0 Å². The number of hydrogen-bond acceptors (Lipinski definition) is 3. The van der Waals surface area contributed by atoms with Crippen LogP contribution in [0.25, 0.3) is 0 Å². The molecular weight excluding hydrogens is 323 g/mol. The zero-order chi connectivity index (χ0) is 17.8. The molecule has 0 atom stereocenters. The lowest BCUT2D eigenvalue weighted by Crippen LogP contribution is -2.37. The second kappa shape index (κ2) is 7.44. The van der Waals surface area contributed by atoms with E-state index in [4.69, 9.17) is 4.74 Å². The molecule has 130 valence electrons. The van der Waals surface area contributed by atoms with Gasteiger partial charge in [-0.05, 0) is 48.7 Å². The molecule has 2 aromatic carbocycles. The minimum absolute atomic E-state index is 0.00267. The first kappa shape index (κ1) is 17.1. The first-order valence-corrected chi connectivity index (χ1v) is 8.08. The Kier molecular flexibility index (Phi) is 5.09. The van der Waals surface area contributed by atoms with E-state index in [1.165, 1.54) is 25.3 Å². The van der Waals surface area contributed by atoms with Gasteiger partial charge in [0.2, 0.25) is 0 Å². The summed E-state index contributed by atoms with van der Waals surface area (Å²) in [5, 5.41) is 2.71. The lowest BCUT2D eigenvalue weighted by Gasteiger charge is -2.29. The molecule has 0 saturated carbocycles. The van der Waals surface area contributed by atoms with E-state index in [0.29, 0.717) is 12.2 Å². The molecule has 0 fully saturated rings. The molecule has 0 spiro atoms. The second-order valence-corrected chi connectivity index (χ2v) is 5.86. The Hall–Kier alpha value is -2.73. The van der Waals surface area contributed by atoms with Crippen molar-refractivity contribution in [3.8, 4) is 0 Å². The van der Waals surface area contributed by atoms with Crippen LogP contribution >= 0.6 is 0 Å². The SMILES string of the molecule is COCC(=O)N1CCCc2cc(NC(=O)c3ccccc3F)ccc21. The van der Waals surface area contributed by atoms with Crippen molar-refractivity contribution in [1.82, 2.24) is 0 Å². The van der Waals surface area contributed by atoms with Crippen LogP contribution in [0.4, 0.5) is 15.8 Å². The minimum Gasteiger partial charge on any atom is -0.375 e. The first-order valence-electron chi connectivity index (χ1n) is 8.08. The van der Waals surface area contributed by atoms with E-state index >= 15 is 0 Å². The van der Waals surface area contributed by atoms with Gasteiger partial charge in [0, 0.05) is 25.0 Å². The van der Waals surface area contributed by atoms with Gasteiger partial charge in [-0.15, -0.1) is 0 Å². The molecule has 3 rings (SSSR count). The molecule has 0 radical (unpaired) electrons. The number of amides is 2. The maximum absolute atomic E-state index is 13.7. The molecule has 1 aliphatic heterocycles. The summed E-state index contributed by atoms with van der Waals surface area (Å²) in [4.78, 5) is 26.1. The third-order valence-corrected chi connectivity index (χ3v) is 4.14. The molecule has 0 aromatic heterocycles. The molecule has 5 nitrogen and oxygen atoms in total. The number of nitrogens with one attached hydrogen (secondary N) is 1. The van der Waals surface area contributed by atoms with Crippen LogP contribution in [0.3, 0.4) is 0 Å². The Morgan fingerprint density at radius 3 is 2.80 bits per heavy atom. The van der Waals surface area contributed by atoms with Crippen LogP contribution < -0.4 is 10.2 Å². The number of nitrogens with zero attached hydrogens (tertiary/aromatic N) is 1. The molecule has 25 heavy (non-hydrogen) atoms. The Morgan fingerprint density at radius 2 is 2.04 bits per heavy atom. The van der Waals surface area contributed by atoms with Gasteiger partial charge >= 0.3 is 0 Å². The number of hydrogen-bond donors (Lipinski definition) is 1. The highest BCUT2D eigenvalue weighted by molar-refractivity contribution is 6.04. The fraction of sp³-hybridized carbons (Fsp3) is 0.263. The van der Waals surface area contributed by atoms with Crippen molar-refractivity contribution < 1.29 is 18.7 Å². The Balaban J connectivity index is 1.80. The van der Waals surface area contributed by atoms with E-state index in [0.717, 1.165) is 24.1 Å². The minimum atomic E-state index is -0.561. The van der Waals surface area contributed by atoms with Crippen molar-refractivity contribution in [1.29, 1.82) is 0 Å². The van der Waals surface area contributed by atoms with Gasteiger partial charge in [-0.1, -0.05) is 12.1 Å². The van der Waals surface area contributed by atoms with E-state index in [9.17, 15) is 14.0 Å². The van der Waals surface area contributed by atoms with Gasteiger partial charge in [0.25, 0.3) is 11.8 Å². The van der Waals surface area contributed by atoms with E-state index < -0.39 is 11.7 Å². The summed E-state index contributed by atoms with van der Waals surface area (Å²) in [6, 6.07) is 11.2. The first-order chi connectivity index (χ1) is 12.1. The summed E-state index contributed by atoms with van der Waals surface area (Å²) in [6.45, 7) is 0.682. The summed E-state index contributed by atoms with van der Waals surface area (Å²) in [5.74, 6) is -1.15. The predicted octanol–water partition coefficient (Wildman–Crippen LogP) is 3.00. The fourth-order valence-electron chi connectivity index (χ4n) is 2.98. The Labute approximate surface area is 145 Å². The Bertz CT molecular complexity index is 807. The fourth-order valence-corrected chi connectivity index (χ4v) is 2.98. The van der Waals surface area contributed by atoms with E-state index in [-0.39, 0.29) is 18.1 Å². The molecule has 6 heteroatoms. The van der Waals surface area contributed by atoms with Gasteiger partial charge in [0.15, 0.2) is 0 Å². The summed E-state index contributed by atoms with van der Waals surface area (Å²) in [7, 11) is 1.49. The van der Waals surface area contributed by atoms with E-state index in [1.54, 1.807) is 23.1 Å². The van der Waals surface area contributed by atoms with Gasteiger partial charge in [-0.2, -0.15) is 0 Å². The lowest BCUT2D eigenvalue weighted by atomic mass is 10.0. The summed E-state index contributed by atoms with van der Waals surface area (Å²) >= 11 is 0. The van der Waals surface area contributed by atoms with Crippen LogP contribution in [-0.2, 0) is 16.0 Å². The third kappa shape index (κ3) is 3.69. The van der Waals surface area contributed by atoms with Gasteiger partial charge < -0.3 is 15.0 Å². The zero-order valence-electron chi connectivity index (χ0n) is 13.9. The van der Waals surface area contributed by atoms with E-state index in [2.05, 4.69) is 5.32 Å². The number of carbonyl (C=O) groups is 2. The number of halogens is 1. The zero-order valence-corrected chi connectivity index (χ0v) is 13.9. The highest BCUT2D eigenvalue weighted by Crippen LogP contribution is 2.30. The van der Waals surface area contributed by atoms with E-state index in [1.807, 2.05) is 6.07 Å². The monoisotopic (exact) mass is 342 g/mol. The van der Waals surface area contributed by atoms with Crippen LogP contribution in [0, 0.1) is 5.82 Å².